The molecule has 2 aromatic heterocycles. The van der Waals surface area contributed by atoms with Gasteiger partial charge in [-0.1, -0.05) is 48.0 Å². The highest BCUT2D eigenvalue weighted by Gasteiger charge is 2.17. The number of benzene rings is 3. The third kappa shape index (κ3) is 4.11. The Labute approximate surface area is 199 Å². The average molecular weight is 472 g/mol. The normalized spacial score (nSPS) is 11.0. The number of halogens is 1. The lowest BCUT2D eigenvalue weighted by Gasteiger charge is -2.12. The Balaban J connectivity index is 1.52. The number of aromatic nitrogens is 1. The highest BCUT2D eigenvalue weighted by atomic mass is 35.5. The maximum Gasteiger partial charge on any atom is 0.339 e. The molecular formula is C27H18ClNO5. The molecule has 0 radical (unpaired) electrons. The molecule has 34 heavy (non-hydrogen) atoms. The molecule has 0 unspecified atom stereocenters. The Bertz CT molecular complexity index is 1610. The van der Waals surface area contributed by atoms with E-state index < -0.39 is 11.6 Å². The maximum atomic E-state index is 13.2. The largest absolute Gasteiger partial charge is 0.497 e. The molecule has 5 aromatic rings. The van der Waals surface area contributed by atoms with Gasteiger partial charge in [0.1, 0.15) is 17.9 Å². The summed E-state index contributed by atoms with van der Waals surface area (Å²) in [4.78, 5) is 30.0. The number of esters is 1. The van der Waals surface area contributed by atoms with Crippen molar-refractivity contribution in [2.24, 2.45) is 0 Å². The fourth-order valence-corrected chi connectivity index (χ4v) is 4.06. The molecule has 0 saturated carbocycles. The van der Waals surface area contributed by atoms with Crippen LogP contribution in [0.15, 0.2) is 88.1 Å². The standard InChI is InChI=1S/C27H18ClNO5/c1-32-17-10-11-18-16(12-26(30)34-25(18)13-17)15-33-27(31)21-14-24(20-7-2-4-8-22(20)28)29-23-9-5-3-6-19(21)23/h2-14H,15H2,1H3. The van der Waals surface area contributed by atoms with Gasteiger partial charge in [0.15, 0.2) is 0 Å². The van der Waals surface area contributed by atoms with E-state index in [-0.39, 0.29) is 6.61 Å². The summed E-state index contributed by atoms with van der Waals surface area (Å²) in [7, 11) is 1.53. The molecule has 0 aliphatic heterocycles. The molecule has 0 atom stereocenters. The number of nitrogens with zero attached hydrogens (tertiary/aromatic N) is 1. The van der Waals surface area contributed by atoms with Crippen LogP contribution in [0, 0.1) is 0 Å². The van der Waals surface area contributed by atoms with Crippen molar-refractivity contribution in [3.05, 3.63) is 105 Å². The summed E-state index contributed by atoms with van der Waals surface area (Å²) in [5, 5.41) is 1.84. The van der Waals surface area contributed by atoms with Crippen LogP contribution < -0.4 is 10.4 Å². The van der Waals surface area contributed by atoms with Gasteiger partial charge in [-0.15, -0.1) is 0 Å². The van der Waals surface area contributed by atoms with E-state index in [0.717, 1.165) is 0 Å². The fraction of sp³-hybridized carbons (Fsp3) is 0.0741. The van der Waals surface area contributed by atoms with Crippen LogP contribution in [-0.2, 0) is 11.3 Å². The van der Waals surface area contributed by atoms with Gasteiger partial charge in [-0.05, 0) is 30.3 Å². The second-order valence-electron chi connectivity index (χ2n) is 7.58. The van der Waals surface area contributed by atoms with Gasteiger partial charge in [-0.25, -0.2) is 14.6 Å². The van der Waals surface area contributed by atoms with E-state index in [1.807, 2.05) is 42.5 Å². The SMILES string of the molecule is COc1ccc2c(COC(=O)c3cc(-c4ccccc4Cl)nc4ccccc34)cc(=O)oc2c1. The van der Waals surface area contributed by atoms with Crippen molar-refractivity contribution in [3.63, 3.8) is 0 Å². The molecular weight excluding hydrogens is 454 g/mol. The summed E-state index contributed by atoms with van der Waals surface area (Å²) in [5.41, 5.74) is 2.63. The van der Waals surface area contributed by atoms with E-state index in [1.54, 1.807) is 30.3 Å². The number of rotatable bonds is 5. The van der Waals surface area contributed by atoms with Crippen LogP contribution >= 0.6 is 11.6 Å². The minimum atomic E-state index is -0.540. The summed E-state index contributed by atoms with van der Waals surface area (Å²) in [5.74, 6) is 0.0157. The lowest BCUT2D eigenvalue weighted by Crippen LogP contribution is -2.09. The quantitative estimate of drug-likeness (QED) is 0.230. The Kier molecular flexibility index (Phi) is 5.74. The van der Waals surface area contributed by atoms with Gasteiger partial charge in [-0.3, -0.25) is 0 Å². The first kappa shape index (κ1) is 21.7. The predicted molar refractivity (Wildman–Crippen MR) is 130 cm³/mol. The summed E-state index contributed by atoms with van der Waals surface area (Å²) in [6.45, 7) is -0.106. The molecule has 5 rings (SSSR count). The third-order valence-corrected chi connectivity index (χ3v) is 5.81. The number of ether oxygens (including phenoxy) is 2. The van der Waals surface area contributed by atoms with Crippen molar-refractivity contribution in [2.75, 3.05) is 7.11 Å². The Morgan fingerprint density at radius 2 is 1.76 bits per heavy atom. The van der Waals surface area contributed by atoms with Crippen molar-refractivity contribution in [1.29, 1.82) is 0 Å². The van der Waals surface area contributed by atoms with Gasteiger partial charge in [0.25, 0.3) is 0 Å². The van der Waals surface area contributed by atoms with E-state index in [9.17, 15) is 9.59 Å². The smallest absolute Gasteiger partial charge is 0.339 e. The molecule has 0 aliphatic carbocycles. The number of carbonyl (C=O) groups is 1. The van der Waals surface area contributed by atoms with Gasteiger partial charge in [0.2, 0.25) is 0 Å². The van der Waals surface area contributed by atoms with E-state index in [4.69, 9.17) is 25.5 Å². The zero-order valence-corrected chi connectivity index (χ0v) is 18.8. The molecule has 0 bridgehead atoms. The monoisotopic (exact) mass is 471 g/mol. The zero-order chi connectivity index (χ0) is 23.7. The lowest BCUT2D eigenvalue weighted by molar-refractivity contribution is 0.0476. The molecule has 6 nitrogen and oxygen atoms in total. The number of fused-ring (bicyclic) bond motifs is 2. The molecule has 0 spiro atoms. The molecule has 168 valence electrons. The van der Waals surface area contributed by atoms with E-state index in [2.05, 4.69) is 4.98 Å². The van der Waals surface area contributed by atoms with Crippen molar-refractivity contribution in [2.45, 2.75) is 6.61 Å². The Morgan fingerprint density at radius 3 is 2.59 bits per heavy atom. The second-order valence-corrected chi connectivity index (χ2v) is 7.99. The minimum absolute atomic E-state index is 0.106. The molecule has 2 heterocycles. The molecule has 0 N–H and O–H groups in total. The molecule has 0 amide bonds. The first-order valence-electron chi connectivity index (χ1n) is 10.5. The van der Waals surface area contributed by atoms with Crippen LogP contribution in [0.1, 0.15) is 15.9 Å². The summed E-state index contributed by atoms with van der Waals surface area (Å²) in [6.07, 6.45) is 0. The molecule has 0 aliphatic rings. The van der Waals surface area contributed by atoms with Crippen LogP contribution in [0.3, 0.4) is 0 Å². The topological polar surface area (TPSA) is 78.6 Å². The first-order valence-corrected chi connectivity index (χ1v) is 10.8. The molecule has 7 heteroatoms. The van der Waals surface area contributed by atoms with E-state index in [1.165, 1.54) is 13.2 Å². The summed E-state index contributed by atoms with van der Waals surface area (Å²) >= 11 is 6.37. The second kappa shape index (κ2) is 9.00. The van der Waals surface area contributed by atoms with Gasteiger partial charge in [-0.2, -0.15) is 0 Å². The number of pyridine rings is 1. The maximum absolute atomic E-state index is 13.2. The van der Waals surface area contributed by atoms with Crippen LogP contribution in [0.4, 0.5) is 0 Å². The Morgan fingerprint density at radius 1 is 0.971 bits per heavy atom. The van der Waals surface area contributed by atoms with Crippen molar-refractivity contribution >= 4 is 39.4 Å². The zero-order valence-electron chi connectivity index (χ0n) is 18.1. The third-order valence-electron chi connectivity index (χ3n) is 5.48. The molecule has 0 fully saturated rings. The highest BCUT2D eigenvalue weighted by Crippen LogP contribution is 2.30. The van der Waals surface area contributed by atoms with Crippen molar-refractivity contribution in [3.8, 4) is 17.0 Å². The fourth-order valence-electron chi connectivity index (χ4n) is 3.83. The van der Waals surface area contributed by atoms with Crippen LogP contribution in [0.2, 0.25) is 5.02 Å². The number of carbonyl (C=O) groups excluding carboxylic acids is 1. The van der Waals surface area contributed by atoms with Gasteiger partial charge < -0.3 is 13.9 Å². The Hall–Kier alpha value is -4.16. The van der Waals surface area contributed by atoms with Crippen LogP contribution in [0.25, 0.3) is 33.1 Å². The summed E-state index contributed by atoms with van der Waals surface area (Å²) < 4.78 is 16.1. The molecule has 0 saturated heterocycles. The van der Waals surface area contributed by atoms with Crippen LogP contribution in [0.5, 0.6) is 5.75 Å². The van der Waals surface area contributed by atoms with E-state index in [0.29, 0.717) is 55.0 Å². The minimum Gasteiger partial charge on any atom is -0.497 e. The van der Waals surface area contributed by atoms with E-state index >= 15 is 0 Å². The predicted octanol–water partition coefficient (Wildman–Crippen LogP) is 6.03. The number of hydrogen-bond donors (Lipinski definition) is 0. The van der Waals surface area contributed by atoms with Gasteiger partial charge in [0.05, 0.1) is 23.9 Å². The van der Waals surface area contributed by atoms with Crippen LogP contribution in [-0.4, -0.2) is 18.1 Å². The highest BCUT2D eigenvalue weighted by molar-refractivity contribution is 6.33. The average Bonchev–Trinajstić information content (AvgIpc) is 2.86. The molecule has 3 aromatic carbocycles. The van der Waals surface area contributed by atoms with Crippen molar-refractivity contribution in [1.82, 2.24) is 4.98 Å². The van der Waals surface area contributed by atoms with Gasteiger partial charge >= 0.3 is 11.6 Å². The van der Waals surface area contributed by atoms with Gasteiger partial charge in [0, 0.05) is 39.1 Å². The summed E-state index contributed by atoms with van der Waals surface area (Å²) in [6, 6.07) is 22.8. The van der Waals surface area contributed by atoms with Crippen molar-refractivity contribution < 1.29 is 18.7 Å². The lowest BCUT2D eigenvalue weighted by atomic mass is 10.0. The number of methoxy groups -OCH3 is 1. The number of hydrogen-bond acceptors (Lipinski definition) is 6. The first-order chi connectivity index (χ1) is 16.5. The number of para-hydroxylation sites is 1.